The first-order valence-corrected chi connectivity index (χ1v) is 8.81. The lowest BCUT2D eigenvalue weighted by atomic mass is 10.0. The average Bonchev–Trinajstić information content (AvgIpc) is 3.31. The summed E-state index contributed by atoms with van der Waals surface area (Å²) in [5.74, 6) is -0.220. The number of aromatic hydroxyl groups is 2. The van der Waals surface area contributed by atoms with Gasteiger partial charge in [-0.25, -0.2) is 4.98 Å². The van der Waals surface area contributed by atoms with E-state index in [1.54, 1.807) is 29.5 Å². The highest BCUT2D eigenvalue weighted by Gasteiger charge is 2.24. The quantitative estimate of drug-likeness (QED) is 0.546. The smallest absolute Gasteiger partial charge is 0.235 e. The summed E-state index contributed by atoms with van der Waals surface area (Å²) in [6, 6.07) is 13.4. The zero-order chi connectivity index (χ0) is 18.6. The summed E-state index contributed by atoms with van der Waals surface area (Å²) in [6.07, 6.45) is 9.62. The second-order valence-electron chi connectivity index (χ2n) is 6.30. The van der Waals surface area contributed by atoms with Gasteiger partial charge in [0, 0.05) is 43.4 Å². The molecule has 2 N–H and O–H groups in total. The van der Waals surface area contributed by atoms with Gasteiger partial charge in [0.2, 0.25) is 5.88 Å². The van der Waals surface area contributed by atoms with Gasteiger partial charge in [0.15, 0.2) is 5.75 Å². The largest absolute Gasteiger partial charge is 0.503 e. The molecule has 0 atom stereocenters. The molecule has 3 heterocycles. The fourth-order valence-electron chi connectivity index (χ4n) is 3.33. The second-order valence-corrected chi connectivity index (χ2v) is 6.30. The Morgan fingerprint density at radius 3 is 2.30 bits per heavy atom. The molecule has 6 nitrogen and oxygen atoms in total. The lowest BCUT2D eigenvalue weighted by molar-refractivity contribution is 0.369. The Balaban J connectivity index is 1.78. The van der Waals surface area contributed by atoms with Crippen LogP contribution in [0.4, 0.5) is 0 Å². The third-order valence-corrected chi connectivity index (χ3v) is 4.58. The van der Waals surface area contributed by atoms with E-state index in [4.69, 9.17) is 0 Å². The zero-order valence-corrected chi connectivity index (χ0v) is 14.7. The third kappa shape index (κ3) is 3.29. The Labute approximate surface area is 157 Å². The van der Waals surface area contributed by atoms with Crippen molar-refractivity contribution < 1.29 is 10.2 Å². The number of pyridine rings is 1. The Hall–Kier alpha value is -3.54. The van der Waals surface area contributed by atoms with Crippen LogP contribution in [-0.2, 0) is 13.1 Å². The number of aryl methyl sites for hydroxylation is 1. The van der Waals surface area contributed by atoms with Crippen molar-refractivity contribution in [1.82, 2.24) is 19.1 Å². The molecule has 0 aliphatic heterocycles. The minimum absolute atomic E-state index is 0.101. The molecular weight excluding hydrogens is 340 g/mol. The summed E-state index contributed by atoms with van der Waals surface area (Å²) < 4.78 is 3.76. The van der Waals surface area contributed by atoms with Gasteiger partial charge in [-0.15, -0.1) is 0 Å². The van der Waals surface area contributed by atoms with Crippen LogP contribution in [0.15, 0.2) is 73.6 Å². The van der Waals surface area contributed by atoms with Crippen LogP contribution in [0.1, 0.15) is 6.42 Å². The molecule has 0 bridgehead atoms. The van der Waals surface area contributed by atoms with E-state index >= 15 is 0 Å². The maximum absolute atomic E-state index is 10.7. The van der Waals surface area contributed by atoms with Crippen molar-refractivity contribution >= 4 is 0 Å². The summed E-state index contributed by atoms with van der Waals surface area (Å²) in [7, 11) is 0. The van der Waals surface area contributed by atoms with Gasteiger partial charge in [-0.1, -0.05) is 30.3 Å². The molecular formula is C21H20N4O2. The van der Waals surface area contributed by atoms with E-state index in [1.807, 2.05) is 53.2 Å². The molecule has 0 saturated heterocycles. The summed E-state index contributed by atoms with van der Waals surface area (Å²) >= 11 is 0. The minimum Gasteiger partial charge on any atom is -0.503 e. The molecule has 6 heteroatoms. The standard InChI is InChI=1S/C21H20N4O2/c26-20-18(16-5-2-1-3-6-16)19(17-7-9-22-10-8-17)25(21(20)27)13-4-12-24-14-11-23-15-24/h1-3,5-11,14-15,26-27H,4,12-13H2. The van der Waals surface area contributed by atoms with Crippen LogP contribution in [-0.4, -0.2) is 29.3 Å². The molecule has 0 saturated carbocycles. The summed E-state index contributed by atoms with van der Waals surface area (Å²) in [5, 5.41) is 21.4. The molecule has 27 heavy (non-hydrogen) atoms. The first-order valence-electron chi connectivity index (χ1n) is 8.81. The average molecular weight is 360 g/mol. The van der Waals surface area contributed by atoms with Crippen LogP contribution in [0.2, 0.25) is 0 Å². The molecule has 0 spiro atoms. The van der Waals surface area contributed by atoms with Crippen molar-refractivity contribution in [2.75, 3.05) is 0 Å². The molecule has 3 aromatic heterocycles. The molecule has 0 amide bonds. The number of hydrogen-bond donors (Lipinski definition) is 2. The van der Waals surface area contributed by atoms with Crippen molar-refractivity contribution in [2.24, 2.45) is 0 Å². The van der Waals surface area contributed by atoms with Gasteiger partial charge in [-0.3, -0.25) is 4.98 Å². The van der Waals surface area contributed by atoms with Crippen molar-refractivity contribution in [2.45, 2.75) is 19.5 Å². The van der Waals surface area contributed by atoms with Crippen molar-refractivity contribution in [3.8, 4) is 34.0 Å². The van der Waals surface area contributed by atoms with Crippen LogP contribution in [0.3, 0.4) is 0 Å². The van der Waals surface area contributed by atoms with E-state index in [1.165, 1.54) is 0 Å². The van der Waals surface area contributed by atoms with Gasteiger partial charge in [0.1, 0.15) is 0 Å². The minimum atomic E-state index is -0.119. The SMILES string of the molecule is Oc1c(-c2ccccc2)c(-c2ccncc2)n(CCCn2ccnc2)c1O. The first-order chi connectivity index (χ1) is 13.3. The first kappa shape index (κ1) is 16.9. The number of aromatic nitrogens is 4. The highest BCUT2D eigenvalue weighted by molar-refractivity contribution is 5.88. The molecule has 0 unspecified atom stereocenters. The molecule has 0 aliphatic rings. The molecule has 1 aromatic carbocycles. The van der Waals surface area contributed by atoms with Crippen molar-refractivity contribution in [1.29, 1.82) is 0 Å². The number of rotatable bonds is 6. The Kier molecular flexibility index (Phi) is 4.61. The number of nitrogens with zero attached hydrogens (tertiary/aromatic N) is 4. The number of benzene rings is 1. The molecule has 4 aromatic rings. The predicted octanol–water partition coefficient (Wildman–Crippen LogP) is 3.92. The Bertz CT molecular complexity index is 1010. The van der Waals surface area contributed by atoms with Gasteiger partial charge in [-0.05, 0) is 24.1 Å². The van der Waals surface area contributed by atoms with Gasteiger partial charge < -0.3 is 19.3 Å². The third-order valence-electron chi connectivity index (χ3n) is 4.58. The topological polar surface area (TPSA) is 76.1 Å². The van der Waals surface area contributed by atoms with E-state index in [0.717, 1.165) is 29.8 Å². The fraction of sp³-hybridized carbons (Fsp3) is 0.143. The van der Waals surface area contributed by atoms with Crippen molar-refractivity contribution in [3.63, 3.8) is 0 Å². The van der Waals surface area contributed by atoms with E-state index < -0.39 is 0 Å². The van der Waals surface area contributed by atoms with E-state index in [9.17, 15) is 10.2 Å². The number of hydrogen-bond acceptors (Lipinski definition) is 4. The molecule has 0 radical (unpaired) electrons. The summed E-state index contributed by atoms with van der Waals surface area (Å²) in [6.45, 7) is 1.33. The second kappa shape index (κ2) is 7.37. The zero-order valence-electron chi connectivity index (χ0n) is 14.7. The highest BCUT2D eigenvalue weighted by Crippen LogP contribution is 2.46. The fourth-order valence-corrected chi connectivity index (χ4v) is 3.33. The predicted molar refractivity (Wildman–Crippen MR) is 103 cm³/mol. The van der Waals surface area contributed by atoms with Crippen LogP contribution >= 0.6 is 0 Å². The van der Waals surface area contributed by atoms with E-state index in [2.05, 4.69) is 9.97 Å². The highest BCUT2D eigenvalue weighted by atomic mass is 16.3. The van der Waals surface area contributed by atoms with E-state index in [-0.39, 0.29) is 11.6 Å². The van der Waals surface area contributed by atoms with Gasteiger partial charge in [0.25, 0.3) is 0 Å². The summed E-state index contributed by atoms with van der Waals surface area (Å²) in [4.78, 5) is 8.13. The lowest BCUT2D eigenvalue weighted by Crippen LogP contribution is -2.04. The van der Waals surface area contributed by atoms with Gasteiger partial charge >= 0.3 is 0 Å². The number of imidazole rings is 1. The van der Waals surface area contributed by atoms with Crippen molar-refractivity contribution in [3.05, 3.63) is 73.6 Å². The molecule has 0 aliphatic carbocycles. The normalized spacial score (nSPS) is 11.0. The van der Waals surface area contributed by atoms with Crippen LogP contribution < -0.4 is 0 Å². The van der Waals surface area contributed by atoms with Gasteiger partial charge in [0.05, 0.1) is 17.6 Å². The maximum atomic E-state index is 10.7. The lowest BCUT2D eigenvalue weighted by Gasteiger charge is -2.12. The van der Waals surface area contributed by atoms with Crippen LogP contribution in [0, 0.1) is 0 Å². The Morgan fingerprint density at radius 1 is 0.815 bits per heavy atom. The van der Waals surface area contributed by atoms with Crippen LogP contribution in [0.25, 0.3) is 22.4 Å². The maximum Gasteiger partial charge on any atom is 0.235 e. The van der Waals surface area contributed by atoms with Gasteiger partial charge in [-0.2, -0.15) is 0 Å². The molecule has 136 valence electrons. The van der Waals surface area contributed by atoms with Crippen LogP contribution in [0.5, 0.6) is 11.6 Å². The monoisotopic (exact) mass is 360 g/mol. The molecule has 0 fully saturated rings. The van der Waals surface area contributed by atoms with E-state index in [0.29, 0.717) is 12.1 Å². The molecule has 4 rings (SSSR count). The summed E-state index contributed by atoms with van der Waals surface area (Å²) in [5.41, 5.74) is 3.15. The Morgan fingerprint density at radius 2 is 1.59 bits per heavy atom.